The van der Waals surface area contributed by atoms with Crippen LogP contribution < -0.4 is 5.32 Å². The standard InChI is InChI=1S/C14H21NO/c1-3-4-10-14(16)15-11-12(2)13-8-6-5-7-9-13/h5-9,12H,3-4,10-11H2,1-2H3,(H,15,16)/i12D. The molecular formula is C14H21NO. The van der Waals surface area contributed by atoms with Gasteiger partial charge in [-0.2, -0.15) is 0 Å². The van der Waals surface area contributed by atoms with E-state index < -0.39 is 5.89 Å². The Hall–Kier alpha value is -1.31. The van der Waals surface area contributed by atoms with Gasteiger partial charge in [0.05, 0.1) is 0 Å². The lowest BCUT2D eigenvalue weighted by atomic mass is 10.0. The van der Waals surface area contributed by atoms with Crippen molar-refractivity contribution >= 4 is 5.91 Å². The normalized spacial score (nSPS) is 15.0. The second-order valence-corrected chi connectivity index (χ2v) is 4.03. The van der Waals surface area contributed by atoms with E-state index in [1.807, 2.05) is 37.3 Å². The molecule has 0 aliphatic carbocycles. The van der Waals surface area contributed by atoms with Crippen LogP contribution in [0.3, 0.4) is 0 Å². The summed E-state index contributed by atoms with van der Waals surface area (Å²) in [7, 11) is 0. The van der Waals surface area contributed by atoms with Gasteiger partial charge in [-0.1, -0.05) is 50.6 Å². The molecule has 0 bridgehead atoms. The van der Waals surface area contributed by atoms with Crippen molar-refractivity contribution in [2.24, 2.45) is 0 Å². The molecule has 2 nitrogen and oxygen atoms in total. The van der Waals surface area contributed by atoms with Crippen LogP contribution in [0.15, 0.2) is 30.3 Å². The monoisotopic (exact) mass is 220 g/mol. The Morgan fingerprint density at radius 1 is 1.44 bits per heavy atom. The molecule has 0 fully saturated rings. The van der Waals surface area contributed by atoms with E-state index in [4.69, 9.17) is 1.37 Å². The van der Waals surface area contributed by atoms with Gasteiger partial charge < -0.3 is 5.32 Å². The van der Waals surface area contributed by atoms with E-state index in [0.717, 1.165) is 18.4 Å². The van der Waals surface area contributed by atoms with Crippen molar-refractivity contribution in [1.82, 2.24) is 5.32 Å². The Labute approximate surface area is 99.5 Å². The quantitative estimate of drug-likeness (QED) is 0.784. The van der Waals surface area contributed by atoms with Gasteiger partial charge in [-0.15, -0.1) is 0 Å². The predicted molar refractivity (Wildman–Crippen MR) is 67.4 cm³/mol. The van der Waals surface area contributed by atoms with Gasteiger partial charge >= 0.3 is 0 Å². The van der Waals surface area contributed by atoms with Crippen molar-refractivity contribution in [2.75, 3.05) is 6.54 Å². The van der Waals surface area contributed by atoms with Crippen molar-refractivity contribution < 1.29 is 6.17 Å². The number of amides is 1. The molecule has 0 aliphatic rings. The zero-order valence-electron chi connectivity index (χ0n) is 11.1. The van der Waals surface area contributed by atoms with Gasteiger partial charge in [-0.25, -0.2) is 0 Å². The van der Waals surface area contributed by atoms with Crippen molar-refractivity contribution in [3.05, 3.63) is 35.9 Å². The van der Waals surface area contributed by atoms with Crippen molar-refractivity contribution in [3.8, 4) is 0 Å². The molecule has 1 aromatic carbocycles. The molecular weight excluding hydrogens is 198 g/mol. The summed E-state index contributed by atoms with van der Waals surface area (Å²) in [5, 5.41) is 2.83. The predicted octanol–water partition coefficient (Wildman–Crippen LogP) is 3.10. The van der Waals surface area contributed by atoms with Gasteiger partial charge in [0.15, 0.2) is 0 Å². The average Bonchev–Trinajstić information content (AvgIpc) is 2.35. The number of carbonyl (C=O) groups is 1. The van der Waals surface area contributed by atoms with Crippen molar-refractivity contribution in [1.29, 1.82) is 0 Å². The molecule has 0 saturated carbocycles. The van der Waals surface area contributed by atoms with Gasteiger partial charge in [0.1, 0.15) is 0 Å². The highest BCUT2D eigenvalue weighted by Gasteiger charge is 2.06. The molecule has 0 saturated heterocycles. The number of unbranched alkanes of at least 4 members (excludes halogenated alkanes) is 1. The lowest BCUT2D eigenvalue weighted by Gasteiger charge is -2.12. The van der Waals surface area contributed by atoms with Gasteiger partial charge in [0.2, 0.25) is 5.91 Å². The minimum atomic E-state index is -0.761. The van der Waals surface area contributed by atoms with Crippen LogP contribution in [0.5, 0.6) is 0 Å². The van der Waals surface area contributed by atoms with Crippen LogP contribution in [0.1, 0.15) is 45.9 Å². The first kappa shape index (κ1) is 11.2. The number of hydrogen-bond acceptors (Lipinski definition) is 1. The molecule has 1 aromatic rings. The maximum atomic E-state index is 11.5. The Balaban J connectivity index is 2.48. The first-order valence-electron chi connectivity index (χ1n) is 6.38. The highest BCUT2D eigenvalue weighted by Crippen LogP contribution is 2.12. The number of nitrogens with one attached hydrogen (secondary N) is 1. The minimum absolute atomic E-state index is 0.0428. The summed E-state index contributed by atoms with van der Waals surface area (Å²) in [5.41, 5.74) is 0.927. The fourth-order valence-electron chi connectivity index (χ4n) is 1.48. The molecule has 1 N–H and O–H groups in total. The largest absolute Gasteiger partial charge is 0.356 e. The Morgan fingerprint density at radius 2 is 2.12 bits per heavy atom. The van der Waals surface area contributed by atoms with Crippen LogP contribution in [0.4, 0.5) is 0 Å². The lowest BCUT2D eigenvalue weighted by molar-refractivity contribution is -0.121. The molecule has 1 rings (SSSR count). The maximum Gasteiger partial charge on any atom is 0.220 e. The van der Waals surface area contributed by atoms with Crippen LogP contribution in [-0.4, -0.2) is 12.5 Å². The zero-order valence-corrected chi connectivity index (χ0v) is 10.1. The van der Waals surface area contributed by atoms with E-state index >= 15 is 0 Å². The van der Waals surface area contributed by atoms with E-state index in [1.54, 1.807) is 0 Å². The van der Waals surface area contributed by atoms with Crippen molar-refractivity contribution in [2.45, 2.75) is 39.0 Å². The summed E-state index contributed by atoms with van der Waals surface area (Å²) in [6, 6.07) is 9.61. The smallest absolute Gasteiger partial charge is 0.220 e. The number of hydrogen-bond donors (Lipinski definition) is 1. The molecule has 0 heterocycles. The van der Waals surface area contributed by atoms with Crippen LogP contribution in [0.2, 0.25) is 0 Å². The average molecular weight is 220 g/mol. The van der Waals surface area contributed by atoms with E-state index in [-0.39, 0.29) is 5.91 Å². The molecule has 1 unspecified atom stereocenters. The van der Waals surface area contributed by atoms with Crippen LogP contribution >= 0.6 is 0 Å². The van der Waals surface area contributed by atoms with E-state index in [2.05, 4.69) is 12.2 Å². The van der Waals surface area contributed by atoms with Crippen LogP contribution in [0.25, 0.3) is 0 Å². The highest BCUT2D eigenvalue weighted by atomic mass is 16.1. The van der Waals surface area contributed by atoms with Crippen LogP contribution in [-0.2, 0) is 4.79 Å². The minimum Gasteiger partial charge on any atom is -0.356 e. The SMILES string of the molecule is [2H]C(C)(CNC(=O)CCCC)c1ccccc1. The van der Waals surface area contributed by atoms with E-state index in [0.29, 0.717) is 13.0 Å². The maximum absolute atomic E-state index is 11.5. The van der Waals surface area contributed by atoms with Gasteiger partial charge in [-0.05, 0) is 17.9 Å². The second-order valence-electron chi connectivity index (χ2n) is 4.03. The van der Waals surface area contributed by atoms with Crippen molar-refractivity contribution in [3.63, 3.8) is 0 Å². The Bertz CT molecular complexity index is 348. The topological polar surface area (TPSA) is 29.1 Å². The van der Waals surface area contributed by atoms with Gasteiger partial charge in [-0.3, -0.25) is 4.79 Å². The second kappa shape index (κ2) is 7.04. The van der Waals surface area contributed by atoms with Gasteiger partial charge in [0, 0.05) is 14.3 Å². The molecule has 16 heavy (non-hydrogen) atoms. The Morgan fingerprint density at radius 3 is 2.75 bits per heavy atom. The summed E-state index contributed by atoms with van der Waals surface area (Å²) in [6.45, 7) is 4.24. The molecule has 0 spiro atoms. The molecule has 0 radical (unpaired) electrons. The molecule has 88 valence electrons. The highest BCUT2D eigenvalue weighted by molar-refractivity contribution is 5.75. The molecule has 1 amide bonds. The number of rotatable bonds is 6. The summed E-state index contributed by atoms with van der Waals surface area (Å²) in [5.74, 6) is -0.718. The lowest BCUT2D eigenvalue weighted by Crippen LogP contribution is -2.27. The van der Waals surface area contributed by atoms with Gasteiger partial charge in [0.25, 0.3) is 0 Å². The number of benzene rings is 1. The zero-order chi connectivity index (χ0) is 12.7. The number of carbonyl (C=O) groups excluding carboxylic acids is 1. The van der Waals surface area contributed by atoms with E-state index in [1.165, 1.54) is 0 Å². The first-order valence-corrected chi connectivity index (χ1v) is 5.88. The molecule has 2 heteroatoms. The summed E-state index contributed by atoms with van der Waals surface area (Å²) < 4.78 is 8.22. The van der Waals surface area contributed by atoms with E-state index in [9.17, 15) is 4.79 Å². The summed E-state index contributed by atoms with van der Waals surface area (Å²) in [6.07, 6.45) is 2.48. The first-order chi connectivity index (χ1) is 8.06. The Kier molecular flexibility index (Phi) is 4.92. The third-order valence-electron chi connectivity index (χ3n) is 2.57. The van der Waals surface area contributed by atoms with Crippen LogP contribution in [0, 0.1) is 0 Å². The molecule has 1 atom stereocenters. The summed E-state index contributed by atoms with van der Waals surface area (Å²) >= 11 is 0. The fraction of sp³-hybridized carbons (Fsp3) is 0.500. The summed E-state index contributed by atoms with van der Waals surface area (Å²) in [4.78, 5) is 11.5. The fourth-order valence-corrected chi connectivity index (χ4v) is 1.48. The molecule has 0 aromatic heterocycles. The molecule has 0 aliphatic heterocycles. The third kappa shape index (κ3) is 4.47. The third-order valence-corrected chi connectivity index (χ3v) is 2.57.